The van der Waals surface area contributed by atoms with Gasteiger partial charge in [0, 0.05) is 17.8 Å². The van der Waals surface area contributed by atoms with Gasteiger partial charge in [0.25, 0.3) is 0 Å². The maximum absolute atomic E-state index is 11.8. The molecule has 3 rings (SSSR count). The second-order valence-corrected chi connectivity index (χ2v) is 5.69. The SMILES string of the molecule is CC12CCC(=O)C3CC1CCCC32O. The van der Waals surface area contributed by atoms with E-state index in [2.05, 4.69) is 6.92 Å². The second-order valence-electron chi connectivity index (χ2n) is 5.69. The van der Waals surface area contributed by atoms with Crippen molar-refractivity contribution in [2.45, 2.75) is 51.0 Å². The molecule has 14 heavy (non-hydrogen) atoms. The molecule has 3 saturated carbocycles. The van der Waals surface area contributed by atoms with Crippen LogP contribution in [0.15, 0.2) is 0 Å². The Kier molecular flexibility index (Phi) is 1.53. The Morgan fingerprint density at radius 1 is 1.43 bits per heavy atom. The first-order valence-corrected chi connectivity index (χ1v) is 5.83. The number of aliphatic hydroxyl groups is 1. The minimum Gasteiger partial charge on any atom is -0.389 e. The summed E-state index contributed by atoms with van der Waals surface area (Å²) < 4.78 is 0. The molecule has 2 heteroatoms. The van der Waals surface area contributed by atoms with Gasteiger partial charge < -0.3 is 5.11 Å². The minimum absolute atomic E-state index is 0.0197. The summed E-state index contributed by atoms with van der Waals surface area (Å²) in [6.07, 6.45) is 5.79. The van der Waals surface area contributed by atoms with E-state index in [4.69, 9.17) is 0 Å². The van der Waals surface area contributed by atoms with Crippen LogP contribution in [-0.4, -0.2) is 16.5 Å². The lowest BCUT2D eigenvalue weighted by Crippen LogP contribution is -2.55. The summed E-state index contributed by atoms with van der Waals surface area (Å²) >= 11 is 0. The third kappa shape index (κ3) is 0.758. The summed E-state index contributed by atoms with van der Waals surface area (Å²) in [5.74, 6) is 0.917. The fraction of sp³-hybridized carbons (Fsp3) is 0.917. The first-order chi connectivity index (χ1) is 6.58. The highest BCUT2D eigenvalue weighted by molar-refractivity contribution is 5.84. The summed E-state index contributed by atoms with van der Waals surface area (Å²) in [7, 11) is 0. The second kappa shape index (κ2) is 2.41. The molecule has 3 aliphatic carbocycles. The Morgan fingerprint density at radius 3 is 3.00 bits per heavy atom. The van der Waals surface area contributed by atoms with E-state index in [-0.39, 0.29) is 11.3 Å². The lowest BCUT2D eigenvalue weighted by Gasteiger charge is -2.50. The topological polar surface area (TPSA) is 37.3 Å². The monoisotopic (exact) mass is 194 g/mol. The fourth-order valence-corrected chi connectivity index (χ4v) is 4.38. The first-order valence-electron chi connectivity index (χ1n) is 5.83. The quantitative estimate of drug-likeness (QED) is 0.639. The number of hydrogen-bond donors (Lipinski definition) is 1. The smallest absolute Gasteiger partial charge is 0.138 e. The maximum Gasteiger partial charge on any atom is 0.138 e. The highest BCUT2D eigenvalue weighted by atomic mass is 16.3. The molecule has 4 atom stereocenters. The van der Waals surface area contributed by atoms with Crippen molar-refractivity contribution in [3.05, 3.63) is 0 Å². The third-order valence-electron chi connectivity index (χ3n) is 5.38. The van der Waals surface area contributed by atoms with Crippen LogP contribution in [0.2, 0.25) is 0 Å². The molecule has 1 N–H and O–H groups in total. The molecule has 0 spiro atoms. The largest absolute Gasteiger partial charge is 0.389 e. The van der Waals surface area contributed by atoms with Crippen molar-refractivity contribution >= 4 is 5.78 Å². The summed E-state index contributed by atoms with van der Waals surface area (Å²) in [4.78, 5) is 11.8. The minimum atomic E-state index is -0.634. The van der Waals surface area contributed by atoms with Crippen LogP contribution in [0.1, 0.15) is 45.4 Å². The van der Waals surface area contributed by atoms with E-state index < -0.39 is 5.60 Å². The van der Waals surface area contributed by atoms with Gasteiger partial charge in [-0.25, -0.2) is 0 Å². The summed E-state index contributed by atoms with van der Waals surface area (Å²) in [6.45, 7) is 2.21. The van der Waals surface area contributed by atoms with Crippen LogP contribution in [0.4, 0.5) is 0 Å². The average Bonchev–Trinajstić information content (AvgIpc) is 2.34. The van der Waals surface area contributed by atoms with E-state index in [0.29, 0.717) is 18.1 Å². The van der Waals surface area contributed by atoms with E-state index in [0.717, 1.165) is 25.7 Å². The van der Waals surface area contributed by atoms with Gasteiger partial charge in [-0.3, -0.25) is 4.79 Å². The molecule has 0 aliphatic heterocycles. The summed E-state index contributed by atoms with van der Waals surface area (Å²) in [6, 6.07) is 0. The van der Waals surface area contributed by atoms with Crippen LogP contribution < -0.4 is 0 Å². The third-order valence-corrected chi connectivity index (χ3v) is 5.38. The number of ketones is 1. The molecule has 0 amide bonds. The molecule has 2 nitrogen and oxygen atoms in total. The number of hydrogen-bond acceptors (Lipinski definition) is 2. The van der Waals surface area contributed by atoms with E-state index >= 15 is 0 Å². The lowest BCUT2D eigenvalue weighted by atomic mass is 9.57. The molecule has 0 heterocycles. The highest BCUT2D eigenvalue weighted by Crippen LogP contribution is 2.65. The molecule has 0 saturated heterocycles. The Hall–Kier alpha value is -0.370. The Bertz CT molecular complexity index is 299. The van der Waals surface area contributed by atoms with E-state index in [1.165, 1.54) is 6.42 Å². The van der Waals surface area contributed by atoms with Crippen LogP contribution in [-0.2, 0) is 4.79 Å². The van der Waals surface area contributed by atoms with Gasteiger partial charge in [-0.2, -0.15) is 0 Å². The zero-order valence-corrected chi connectivity index (χ0v) is 8.75. The summed E-state index contributed by atoms with van der Waals surface area (Å²) in [5.41, 5.74) is -0.574. The number of Topliss-reactive ketones (excluding diaryl/α,β-unsaturated/α-hetero) is 1. The van der Waals surface area contributed by atoms with Crippen LogP contribution in [0, 0.1) is 17.3 Å². The zero-order chi connectivity index (χ0) is 9.97. The number of carbonyl (C=O) groups is 1. The molecule has 4 unspecified atom stereocenters. The molecule has 78 valence electrons. The van der Waals surface area contributed by atoms with Crippen molar-refractivity contribution in [1.82, 2.24) is 0 Å². The molecular formula is C12H18O2. The molecule has 0 aromatic carbocycles. The van der Waals surface area contributed by atoms with Gasteiger partial charge in [0.05, 0.1) is 5.60 Å². The molecule has 0 aromatic rings. The van der Waals surface area contributed by atoms with Crippen LogP contribution in [0.25, 0.3) is 0 Å². The predicted molar refractivity (Wildman–Crippen MR) is 52.7 cm³/mol. The standard InChI is InChI=1S/C12H18O2/c1-11-6-4-10(13)9-7-8(11)3-2-5-12(9,11)14/h8-9,14H,2-7H2,1H3. The van der Waals surface area contributed by atoms with Crippen LogP contribution in [0.3, 0.4) is 0 Å². The molecule has 0 aromatic heterocycles. The van der Waals surface area contributed by atoms with Gasteiger partial charge in [-0.05, 0) is 31.6 Å². The van der Waals surface area contributed by atoms with Crippen molar-refractivity contribution in [2.24, 2.45) is 17.3 Å². The van der Waals surface area contributed by atoms with Crippen molar-refractivity contribution in [2.75, 3.05) is 0 Å². The number of rotatable bonds is 0. The van der Waals surface area contributed by atoms with E-state index in [9.17, 15) is 9.90 Å². The van der Waals surface area contributed by atoms with Crippen molar-refractivity contribution in [1.29, 1.82) is 0 Å². The Labute approximate surface area is 84.7 Å². The molecular weight excluding hydrogens is 176 g/mol. The number of carbonyl (C=O) groups excluding carboxylic acids is 1. The Balaban J connectivity index is 2.11. The zero-order valence-electron chi connectivity index (χ0n) is 8.75. The van der Waals surface area contributed by atoms with E-state index in [1.54, 1.807) is 0 Å². The van der Waals surface area contributed by atoms with Crippen LogP contribution >= 0.6 is 0 Å². The van der Waals surface area contributed by atoms with Gasteiger partial charge in [-0.1, -0.05) is 13.3 Å². The van der Waals surface area contributed by atoms with Gasteiger partial charge in [-0.15, -0.1) is 0 Å². The molecule has 3 aliphatic rings. The average molecular weight is 194 g/mol. The first kappa shape index (κ1) is 8.90. The van der Waals surface area contributed by atoms with Gasteiger partial charge in [0.1, 0.15) is 5.78 Å². The van der Waals surface area contributed by atoms with Crippen molar-refractivity contribution < 1.29 is 9.90 Å². The van der Waals surface area contributed by atoms with Crippen molar-refractivity contribution in [3.8, 4) is 0 Å². The van der Waals surface area contributed by atoms with E-state index in [1.807, 2.05) is 0 Å². The van der Waals surface area contributed by atoms with Gasteiger partial charge in [0.15, 0.2) is 0 Å². The van der Waals surface area contributed by atoms with Crippen molar-refractivity contribution in [3.63, 3.8) is 0 Å². The maximum atomic E-state index is 11.8. The van der Waals surface area contributed by atoms with Crippen LogP contribution in [0.5, 0.6) is 0 Å². The van der Waals surface area contributed by atoms with Gasteiger partial charge in [0.2, 0.25) is 0 Å². The van der Waals surface area contributed by atoms with Gasteiger partial charge >= 0.3 is 0 Å². The predicted octanol–water partition coefficient (Wildman–Crippen LogP) is 1.91. The molecule has 0 radical (unpaired) electrons. The molecule has 3 fully saturated rings. The summed E-state index contributed by atoms with van der Waals surface area (Å²) in [5, 5.41) is 10.7. The normalized spacial score (nSPS) is 56.3. The lowest BCUT2D eigenvalue weighted by molar-refractivity contribution is -0.160. The fourth-order valence-electron chi connectivity index (χ4n) is 4.38. The highest BCUT2D eigenvalue weighted by Gasteiger charge is 2.66. The molecule has 4 bridgehead atoms. The Morgan fingerprint density at radius 2 is 2.21 bits per heavy atom.